The van der Waals surface area contributed by atoms with E-state index in [9.17, 15) is 9.18 Å². The number of hydrogen-bond acceptors (Lipinski definition) is 4. The lowest BCUT2D eigenvalue weighted by molar-refractivity contribution is 0.413. The largest absolute Gasteiger partial charge is 0.432 e. The van der Waals surface area contributed by atoms with Crippen molar-refractivity contribution in [2.45, 2.75) is 26.4 Å². The third-order valence-corrected chi connectivity index (χ3v) is 2.79. The molecule has 2 aromatic rings. The number of aryl methyl sites for hydroxylation is 1. The number of halogens is 1. The summed E-state index contributed by atoms with van der Waals surface area (Å²) in [4.78, 5) is 15.9. The van der Waals surface area contributed by atoms with Crippen LogP contribution in [0.3, 0.4) is 0 Å². The van der Waals surface area contributed by atoms with Gasteiger partial charge in [0.15, 0.2) is 11.6 Å². The Morgan fingerprint density at radius 1 is 1.45 bits per heavy atom. The normalized spacial score (nSPS) is 10.6. The molecule has 1 aromatic heterocycles. The molecule has 1 heterocycles. The fourth-order valence-electron chi connectivity index (χ4n) is 1.77. The smallest absolute Gasteiger partial charge is 0.313 e. The Labute approximate surface area is 115 Å². The van der Waals surface area contributed by atoms with Crippen LogP contribution in [-0.2, 0) is 13.1 Å². The summed E-state index contributed by atoms with van der Waals surface area (Å²) in [5, 5.41) is 0. The van der Waals surface area contributed by atoms with Gasteiger partial charge in [0.1, 0.15) is 0 Å². The molecule has 0 fully saturated rings. The second-order valence-corrected chi connectivity index (χ2v) is 4.30. The van der Waals surface area contributed by atoms with Crippen molar-refractivity contribution in [3.63, 3.8) is 0 Å². The van der Waals surface area contributed by atoms with Crippen LogP contribution >= 0.6 is 0 Å². The molecule has 0 amide bonds. The van der Waals surface area contributed by atoms with Gasteiger partial charge in [-0.05, 0) is 24.1 Å². The van der Waals surface area contributed by atoms with Crippen molar-refractivity contribution < 1.29 is 9.13 Å². The van der Waals surface area contributed by atoms with E-state index in [4.69, 9.17) is 10.5 Å². The number of nitrogens with zero attached hydrogens (tertiary/aromatic N) is 2. The molecule has 5 nitrogen and oxygen atoms in total. The van der Waals surface area contributed by atoms with E-state index >= 15 is 0 Å². The van der Waals surface area contributed by atoms with Crippen molar-refractivity contribution in [1.29, 1.82) is 0 Å². The lowest BCUT2D eigenvalue weighted by Crippen LogP contribution is -2.21. The average Bonchev–Trinajstić information content (AvgIpc) is 2.45. The van der Waals surface area contributed by atoms with Gasteiger partial charge < -0.3 is 15.0 Å². The van der Waals surface area contributed by atoms with Crippen LogP contribution < -0.4 is 16.0 Å². The highest BCUT2D eigenvalue weighted by atomic mass is 19.1. The van der Waals surface area contributed by atoms with Gasteiger partial charge in [0.2, 0.25) is 0 Å². The molecule has 0 unspecified atom stereocenters. The highest BCUT2D eigenvalue weighted by Crippen LogP contribution is 2.21. The Balaban J connectivity index is 2.30. The van der Waals surface area contributed by atoms with Gasteiger partial charge in [0.05, 0.1) is 0 Å². The molecule has 0 atom stereocenters. The molecule has 0 saturated carbocycles. The zero-order valence-corrected chi connectivity index (χ0v) is 11.2. The molecular formula is C14H16FN3O2. The van der Waals surface area contributed by atoms with Crippen molar-refractivity contribution in [2.24, 2.45) is 5.73 Å². The van der Waals surface area contributed by atoms with E-state index in [1.807, 2.05) is 6.92 Å². The Morgan fingerprint density at radius 3 is 2.90 bits per heavy atom. The summed E-state index contributed by atoms with van der Waals surface area (Å²) in [7, 11) is 0. The monoisotopic (exact) mass is 277 g/mol. The zero-order chi connectivity index (χ0) is 14.5. The molecule has 0 aliphatic rings. The molecule has 6 heteroatoms. The molecule has 0 saturated heterocycles. The van der Waals surface area contributed by atoms with Crippen LogP contribution in [0.2, 0.25) is 0 Å². The van der Waals surface area contributed by atoms with E-state index in [0.29, 0.717) is 12.1 Å². The van der Waals surface area contributed by atoms with Gasteiger partial charge in [-0.2, -0.15) is 0 Å². The number of ether oxygens (including phenoxy) is 1. The Bertz CT molecular complexity index is 655. The van der Waals surface area contributed by atoms with Crippen molar-refractivity contribution >= 4 is 0 Å². The number of rotatable bonds is 5. The van der Waals surface area contributed by atoms with E-state index in [0.717, 1.165) is 6.42 Å². The summed E-state index contributed by atoms with van der Waals surface area (Å²) in [6, 6.07) is 4.37. The molecule has 0 bridgehead atoms. The molecule has 0 radical (unpaired) electrons. The number of benzene rings is 1. The second-order valence-electron chi connectivity index (χ2n) is 4.30. The molecule has 20 heavy (non-hydrogen) atoms. The second kappa shape index (κ2) is 6.29. The highest BCUT2D eigenvalue weighted by molar-refractivity contribution is 5.31. The summed E-state index contributed by atoms with van der Waals surface area (Å²) in [6.45, 7) is 2.76. The van der Waals surface area contributed by atoms with Crippen molar-refractivity contribution in [1.82, 2.24) is 9.55 Å². The van der Waals surface area contributed by atoms with E-state index in [-0.39, 0.29) is 23.7 Å². The van der Waals surface area contributed by atoms with Crippen LogP contribution in [0.5, 0.6) is 11.6 Å². The summed E-state index contributed by atoms with van der Waals surface area (Å²) < 4.78 is 20.5. The molecule has 0 aliphatic carbocycles. The van der Waals surface area contributed by atoms with Crippen LogP contribution in [-0.4, -0.2) is 9.55 Å². The topological polar surface area (TPSA) is 70.1 Å². The van der Waals surface area contributed by atoms with Crippen LogP contribution in [0.4, 0.5) is 4.39 Å². The molecule has 1 aromatic carbocycles. The Morgan fingerprint density at radius 2 is 2.25 bits per heavy atom. The lowest BCUT2D eigenvalue weighted by Gasteiger charge is -2.08. The predicted molar refractivity (Wildman–Crippen MR) is 73.2 cm³/mol. The first-order valence-electron chi connectivity index (χ1n) is 6.37. The van der Waals surface area contributed by atoms with Crippen LogP contribution in [0, 0.1) is 5.82 Å². The van der Waals surface area contributed by atoms with Gasteiger partial charge in [-0.15, -0.1) is 0 Å². The first-order chi connectivity index (χ1) is 9.65. The Hall–Kier alpha value is -2.21. The predicted octanol–water partition coefficient (Wildman–Crippen LogP) is 2.04. The minimum Gasteiger partial charge on any atom is -0.432 e. The molecular weight excluding hydrogens is 261 g/mol. The summed E-state index contributed by atoms with van der Waals surface area (Å²) in [5.74, 6) is -0.749. The fraction of sp³-hybridized carbons (Fsp3) is 0.286. The van der Waals surface area contributed by atoms with Gasteiger partial charge >= 0.3 is 5.56 Å². The Kier molecular flexibility index (Phi) is 4.47. The van der Waals surface area contributed by atoms with Gasteiger partial charge in [0, 0.05) is 25.5 Å². The third-order valence-electron chi connectivity index (χ3n) is 2.79. The maximum atomic E-state index is 13.8. The minimum atomic E-state index is -0.569. The van der Waals surface area contributed by atoms with Crippen LogP contribution in [0.1, 0.15) is 18.9 Å². The maximum Gasteiger partial charge on any atom is 0.313 e. The van der Waals surface area contributed by atoms with E-state index in [1.54, 1.807) is 12.3 Å². The number of aromatic nitrogens is 2. The summed E-state index contributed by atoms with van der Waals surface area (Å²) in [5.41, 5.74) is 5.70. The van der Waals surface area contributed by atoms with E-state index < -0.39 is 5.82 Å². The van der Waals surface area contributed by atoms with Gasteiger partial charge in [-0.25, -0.2) is 9.37 Å². The SMILES string of the molecule is CCCn1ccnc(Oc2ccc(CN)cc2F)c1=O. The molecule has 2 rings (SSSR count). The summed E-state index contributed by atoms with van der Waals surface area (Å²) in [6.07, 6.45) is 3.84. The quantitative estimate of drug-likeness (QED) is 0.908. The van der Waals surface area contributed by atoms with Crippen molar-refractivity contribution in [3.8, 4) is 11.6 Å². The zero-order valence-electron chi connectivity index (χ0n) is 11.2. The van der Waals surface area contributed by atoms with Crippen molar-refractivity contribution in [3.05, 3.63) is 52.3 Å². The number of hydrogen-bond donors (Lipinski definition) is 1. The lowest BCUT2D eigenvalue weighted by atomic mass is 10.2. The van der Waals surface area contributed by atoms with E-state index in [2.05, 4.69) is 4.98 Å². The molecule has 0 spiro atoms. The van der Waals surface area contributed by atoms with Gasteiger partial charge in [0.25, 0.3) is 5.88 Å². The van der Waals surface area contributed by atoms with Crippen LogP contribution in [0.15, 0.2) is 35.4 Å². The van der Waals surface area contributed by atoms with Crippen molar-refractivity contribution in [2.75, 3.05) is 0 Å². The molecule has 2 N–H and O–H groups in total. The minimum absolute atomic E-state index is 0.0407. The fourth-order valence-corrected chi connectivity index (χ4v) is 1.77. The standard InChI is InChI=1S/C14H16FN3O2/c1-2-6-18-7-5-17-13(14(18)19)20-12-4-3-10(9-16)8-11(12)15/h3-5,7-8H,2,6,9,16H2,1H3. The third kappa shape index (κ3) is 3.03. The maximum absolute atomic E-state index is 13.8. The highest BCUT2D eigenvalue weighted by Gasteiger charge is 2.11. The molecule has 0 aliphatic heterocycles. The first kappa shape index (κ1) is 14.2. The first-order valence-corrected chi connectivity index (χ1v) is 6.37. The van der Waals surface area contributed by atoms with Crippen LogP contribution in [0.25, 0.3) is 0 Å². The number of nitrogens with two attached hydrogens (primary N) is 1. The van der Waals surface area contributed by atoms with Gasteiger partial charge in [-0.3, -0.25) is 4.79 Å². The average molecular weight is 277 g/mol. The molecule has 106 valence electrons. The van der Waals surface area contributed by atoms with Gasteiger partial charge in [-0.1, -0.05) is 13.0 Å². The summed E-state index contributed by atoms with van der Waals surface area (Å²) >= 11 is 0. The van der Waals surface area contributed by atoms with E-state index in [1.165, 1.54) is 22.9 Å².